The number of carbonyl (C=O) groups excluding carboxylic acids is 1. The number of hydrogen-bond donors (Lipinski definition) is 1. The van der Waals surface area contributed by atoms with Crippen LogP contribution < -0.4 is 10.1 Å². The highest BCUT2D eigenvalue weighted by Crippen LogP contribution is 2.30. The van der Waals surface area contributed by atoms with E-state index in [9.17, 15) is 18.0 Å². The van der Waals surface area contributed by atoms with Gasteiger partial charge in [0.2, 0.25) is 5.91 Å². The van der Waals surface area contributed by atoms with Crippen LogP contribution >= 0.6 is 0 Å². The number of hydrogen-bond acceptors (Lipinski definition) is 3. The van der Waals surface area contributed by atoms with E-state index in [2.05, 4.69) is 10.4 Å². The van der Waals surface area contributed by atoms with Crippen molar-refractivity contribution < 1.29 is 22.7 Å². The number of aromatic nitrogens is 2. The molecule has 5 nitrogen and oxygen atoms in total. The summed E-state index contributed by atoms with van der Waals surface area (Å²) in [4.78, 5) is 12.0. The fraction of sp³-hybridized carbons (Fsp3) is 0.375. The molecule has 1 aromatic carbocycles. The molecule has 8 heteroatoms. The number of nitrogens with zero attached hydrogens (tertiary/aromatic N) is 2. The zero-order chi connectivity index (χ0) is 17.3. The van der Waals surface area contributed by atoms with Crippen LogP contribution in [0.4, 0.5) is 13.2 Å². The Hall–Kier alpha value is -2.51. The molecule has 0 aliphatic heterocycles. The molecule has 1 amide bonds. The molecule has 0 spiro atoms. The molecule has 0 saturated heterocycles. The summed E-state index contributed by atoms with van der Waals surface area (Å²) in [5.41, 5.74) is -0.114. The molecular formula is C16H16F3N3O2. The fourth-order valence-corrected chi connectivity index (χ4v) is 2.17. The monoisotopic (exact) mass is 339 g/mol. The molecule has 1 N–H and O–H groups in total. The summed E-state index contributed by atoms with van der Waals surface area (Å²) in [6, 6.07) is 7.85. The van der Waals surface area contributed by atoms with Crippen molar-refractivity contribution in [2.75, 3.05) is 0 Å². The lowest BCUT2D eigenvalue weighted by Crippen LogP contribution is -2.37. The summed E-state index contributed by atoms with van der Waals surface area (Å²) in [5, 5.41) is 6.09. The maximum Gasteiger partial charge on any atom is 0.435 e. The van der Waals surface area contributed by atoms with Gasteiger partial charge in [0.05, 0.1) is 0 Å². The highest BCUT2D eigenvalue weighted by molar-refractivity contribution is 5.80. The third-order valence-electron chi connectivity index (χ3n) is 3.59. The van der Waals surface area contributed by atoms with Crippen molar-refractivity contribution in [1.29, 1.82) is 0 Å². The van der Waals surface area contributed by atoms with E-state index in [4.69, 9.17) is 4.74 Å². The van der Waals surface area contributed by atoms with E-state index in [0.717, 1.165) is 35.4 Å². The number of halogens is 3. The zero-order valence-corrected chi connectivity index (χ0v) is 12.9. The lowest BCUT2D eigenvalue weighted by molar-refractivity contribution is -0.142. The number of aryl methyl sites for hydroxylation is 1. The minimum atomic E-state index is -4.56. The minimum Gasteiger partial charge on any atom is -0.450 e. The highest BCUT2D eigenvalue weighted by Gasteiger charge is 2.35. The first kappa shape index (κ1) is 16.4. The third-order valence-corrected chi connectivity index (χ3v) is 3.59. The molecule has 1 fully saturated rings. The smallest absolute Gasteiger partial charge is 0.435 e. The molecule has 1 unspecified atom stereocenters. The first-order valence-corrected chi connectivity index (χ1v) is 7.49. The molecule has 0 radical (unpaired) electrons. The number of amides is 1. The van der Waals surface area contributed by atoms with E-state index in [0.29, 0.717) is 5.75 Å². The molecule has 2 aromatic rings. The Morgan fingerprint density at radius 3 is 2.71 bits per heavy atom. The average molecular weight is 339 g/mol. The molecule has 0 bridgehead atoms. The van der Waals surface area contributed by atoms with E-state index >= 15 is 0 Å². The normalized spacial score (nSPS) is 15.8. The molecule has 1 heterocycles. The van der Waals surface area contributed by atoms with Crippen LogP contribution in [0.2, 0.25) is 0 Å². The predicted octanol–water partition coefficient (Wildman–Crippen LogP) is 3.27. The molecule has 1 aromatic heterocycles. The summed E-state index contributed by atoms with van der Waals surface area (Å²) in [5.74, 6) is 0.0723. The molecule has 1 aliphatic carbocycles. The van der Waals surface area contributed by atoms with Crippen molar-refractivity contribution in [3.8, 4) is 5.75 Å². The van der Waals surface area contributed by atoms with Crippen LogP contribution in [0, 0.1) is 12.8 Å². The molecule has 1 saturated carbocycles. The van der Waals surface area contributed by atoms with Gasteiger partial charge in [-0.1, -0.05) is 12.1 Å². The van der Waals surface area contributed by atoms with Gasteiger partial charge < -0.3 is 10.1 Å². The standard InChI is InChI=1S/C16H16F3N3O2/c1-10-3-2-4-12(9-10)24-15(20-14(23)11-5-6-11)22-8-7-13(21-22)16(17,18)19/h2-4,7-9,11,15H,5-6H2,1H3,(H,20,23). The summed E-state index contributed by atoms with van der Waals surface area (Å²) in [6.07, 6.45) is -3.02. The van der Waals surface area contributed by atoms with Gasteiger partial charge >= 0.3 is 6.18 Å². The Labute approximate surface area is 136 Å². The first-order valence-electron chi connectivity index (χ1n) is 7.49. The maximum absolute atomic E-state index is 12.7. The fourth-order valence-electron chi connectivity index (χ4n) is 2.17. The van der Waals surface area contributed by atoms with Gasteiger partial charge in [-0.25, -0.2) is 4.68 Å². The zero-order valence-electron chi connectivity index (χ0n) is 12.9. The number of carbonyl (C=O) groups is 1. The maximum atomic E-state index is 12.7. The molecule has 1 atom stereocenters. The number of benzene rings is 1. The molecule has 24 heavy (non-hydrogen) atoms. The molecule has 1 aliphatic rings. The Morgan fingerprint density at radius 2 is 2.12 bits per heavy atom. The van der Waals surface area contributed by atoms with Gasteiger partial charge in [0.15, 0.2) is 5.69 Å². The topological polar surface area (TPSA) is 56.1 Å². The number of alkyl halides is 3. The highest BCUT2D eigenvalue weighted by atomic mass is 19.4. The third kappa shape index (κ3) is 3.87. The summed E-state index contributed by atoms with van der Waals surface area (Å²) >= 11 is 0. The van der Waals surface area contributed by atoms with Gasteiger partial charge in [0, 0.05) is 12.1 Å². The first-order chi connectivity index (χ1) is 11.3. The van der Waals surface area contributed by atoms with Crippen LogP contribution in [0.25, 0.3) is 0 Å². The number of nitrogens with one attached hydrogen (secondary N) is 1. The van der Waals surface area contributed by atoms with Gasteiger partial charge in [-0.15, -0.1) is 0 Å². The second-order valence-corrected chi connectivity index (χ2v) is 5.75. The van der Waals surface area contributed by atoms with Crippen LogP contribution in [0.5, 0.6) is 5.75 Å². The molecule has 128 valence electrons. The minimum absolute atomic E-state index is 0.105. The average Bonchev–Trinajstić information content (AvgIpc) is 3.22. The number of rotatable bonds is 5. The Bertz CT molecular complexity index is 738. The van der Waals surface area contributed by atoms with Crippen molar-refractivity contribution >= 4 is 5.91 Å². The predicted molar refractivity (Wildman–Crippen MR) is 78.9 cm³/mol. The van der Waals surface area contributed by atoms with Gasteiger partial charge in [0.1, 0.15) is 5.75 Å². The van der Waals surface area contributed by atoms with Gasteiger partial charge in [0.25, 0.3) is 6.35 Å². The molecular weight excluding hydrogens is 323 g/mol. The van der Waals surface area contributed by atoms with Crippen molar-refractivity contribution in [3.05, 3.63) is 47.8 Å². The van der Waals surface area contributed by atoms with E-state index < -0.39 is 18.2 Å². The Kier molecular flexibility index (Phi) is 4.21. The van der Waals surface area contributed by atoms with Crippen LogP contribution in [0.1, 0.15) is 30.5 Å². The second-order valence-electron chi connectivity index (χ2n) is 5.75. The van der Waals surface area contributed by atoms with Crippen LogP contribution in [-0.4, -0.2) is 15.7 Å². The number of ether oxygens (including phenoxy) is 1. The summed E-state index contributed by atoms with van der Waals surface area (Å²) in [6.45, 7) is 1.86. The van der Waals surface area contributed by atoms with Crippen molar-refractivity contribution in [2.24, 2.45) is 5.92 Å². The lowest BCUT2D eigenvalue weighted by atomic mass is 10.2. The van der Waals surface area contributed by atoms with Gasteiger partial charge in [-0.05, 0) is 43.5 Å². The second kappa shape index (κ2) is 6.18. The van der Waals surface area contributed by atoms with E-state index in [1.807, 2.05) is 13.0 Å². The van der Waals surface area contributed by atoms with E-state index in [1.165, 1.54) is 0 Å². The van der Waals surface area contributed by atoms with Crippen molar-refractivity contribution in [1.82, 2.24) is 15.1 Å². The lowest BCUT2D eigenvalue weighted by Gasteiger charge is -2.21. The quantitative estimate of drug-likeness (QED) is 0.851. The van der Waals surface area contributed by atoms with Crippen molar-refractivity contribution in [2.45, 2.75) is 32.3 Å². The molecule has 3 rings (SSSR count). The van der Waals surface area contributed by atoms with Crippen LogP contribution in [-0.2, 0) is 11.0 Å². The van der Waals surface area contributed by atoms with Gasteiger partial charge in [-0.2, -0.15) is 18.3 Å². The Morgan fingerprint density at radius 1 is 1.38 bits per heavy atom. The van der Waals surface area contributed by atoms with E-state index in [1.54, 1.807) is 18.2 Å². The summed E-state index contributed by atoms with van der Waals surface area (Å²) < 4.78 is 44.8. The SMILES string of the molecule is Cc1cccc(OC(NC(=O)C2CC2)n2ccc(C(F)(F)F)n2)c1. The van der Waals surface area contributed by atoms with Crippen LogP contribution in [0.3, 0.4) is 0 Å². The van der Waals surface area contributed by atoms with E-state index in [-0.39, 0.29) is 11.8 Å². The van der Waals surface area contributed by atoms with Gasteiger partial charge in [-0.3, -0.25) is 4.79 Å². The van der Waals surface area contributed by atoms with Crippen LogP contribution in [0.15, 0.2) is 36.5 Å². The summed E-state index contributed by atoms with van der Waals surface area (Å²) in [7, 11) is 0. The van der Waals surface area contributed by atoms with Crippen molar-refractivity contribution in [3.63, 3.8) is 0 Å². The Balaban J connectivity index is 1.83. The largest absolute Gasteiger partial charge is 0.450 e.